The minimum Gasteiger partial charge on any atom is -0.486 e. The van der Waals surface area contributed by atoms with Crippen LogP contribution in [0.4, 0.5) is 11.4 Å². The summed E-state index contributed by atoms with van der Waals surface area (Å²) < 4.78 is 6.36. The fourth-order valence-electron chi connectivity index (χ4n) is 5.31. The Labute approximate surface area is 205 Å². The number of hydrogen-bond acceptors (Lipinski definition) is 4. The Bertz CT molecular complexity index is 1170. The molecule has 1 aliphatic heterocycles. The number of hydrogen-bond donors (Lipinski definition) is 2. The Hall–Kier alpha value is -2.98. The van der Waals surface area contributed by atoms with Crippen molar-refractivity contribution in [1.29, 1.82) is 0 Å². The van der Waals surface area contributed by atoms with Crippen LogP contribution >= 0.6 is 0 Å². The molecule has 4 rings (SSSR count). The van der Waals surface area contributed by atoms with Gasteiger partial charge in [-0.05, 0) is 74.1 Å². The van der Waals surface area contributed by atoms with Crippen LogP contribution in [0.25, 0.3) is 0 Å². The summed E-state index contributed by atoms with van der Waals surface area (Å²) in [5.74, 6) is 1.32. The first-order valence-electron chi connectivity index (χ1n) is 12.4. The molecule has 0 fully saturated rings. The maximum absolute atomic E-state index is 6.44. The van der Waals surface area contributed by atoms with Gasteiger partial charge in [-0.2, -0.15) is 0 Å². The van der Waals surface area contributed by atoms with E-state index in [2.05, 4.69) is 99.4 Å². The summed E-state index contributed by atoms with van der Waals surface area (Å²) in [6, 6.07) is 19.7. The Kier molecular flexibility index (Phi) is 6.90. The van der Waals surface area contributed by atoms with E-state index < -0.39 is 0 Å². The topological polar surface area (TPSA) is 50.5 Å². The summed E-state index contributed by atoms with van der Waals surface area (Å²) in [6.45, 7) is 13.7. The Morgan fingerprint density at radius 2 is 1.85 bits per heavy atom. The highest BCUT2D eigenvalue weighted by Crippen LogP contribution is 2.36. The fraction of sp³-hybridized carbons (Fsp3) is 0.400. The van der Waals surface area contributed by atoms with Crippen molar-refractivity contribution in [3.63, 3.8) is 0 Å². The maximum atomic E-state index is 6.44. The lowest BCUT2D eigenvalue weighted by Crippen LogP contribution is -2.40. The molecule has 1 atom stereocenters. The molecule has 34 heavy (non-hydrogen) atoms. The van der Waals surface area contributed by atoms with Gasteiger partial charge in [0.05, 0.1) is 11.4 Å². The van der Waals surface area contributed by atoms with Crippen molar-refractivity contribution in [3.8, 4) is 5.75 Å². The summed E-state index contributed by atoms with van der Waals surface area (Å²) >= 11 is 0. The van der Waals surface area contributed by atoms with Crippen molar-refractivity contribution in [2.75, 3.05) is 24.6 Å². The molecule has 4 nitrogen and oxygen atoms in total. The molecule has 0 aliphatic carbocycles. The standard InChI is InChI=1S/C30H39N3O/c1-7-25(26-14-15-27(32-6)29(31)21(26)3)22-13-12-20(2)24(16-22)18-33-17-23-10-8-9-11-28(23)34-30(4,5)19-33/h8-16,25,32H,7,17-19,31H2,1-6H3. The highest BCUT2D eigenvalue weighted by molar-refractivity contribution is 5.71. The zero-order valence-electron chi connectivity index (χ0n) is 21.5. The number of nitrogens with zero attached hydrogens (tertiary/aromatic N) is 1. The average Bonchev–Trinajstić information content (AvgIpc) is 2.93. The van der Waals surface area contributed by atoms with E-state index in [-0.39, 0.29) is 5.60 Å². The molecule has 1 unspecified atom stereocenters. The van der Waals surface area contributed by atoms with Gasteiger partial charge >= 0.3 is 0 Å². The molecule has 3 aromatic rings. The monoisotopic (exact) mass is 457 g/mol. The van der Waals surface area contributed by atoms with Crippen LogP contribution in [0, 0.1) is 13.8 Å². The van der Waals surface area contributed by atoms with E-state index in [4.69, 9.17) is 10.5 Å². The lowest BCUT2D eigenvalue weighted by molar-refractivity contribution is 0.0682. The molecule has 1 heterocycles. The van der Waals surface area contributed by atoms with Crippen molar-refractivity contribution in [3.05, 3.63) is 88.0 Å². The predicted molar refractivity (Wildman–Crippen MR) is 144 cm³/mol. The summed E-state index contributed by atoms with van der Waals surface area (Å²) in [5, 5.41) is 3.20. The first-order valence-corrected chi connectivity index (χ1v) is 12.4. The third-order valence-corrected chi connectivity index (χ3v) is 7.14. The highest BCUT2D eigenvalue weighted by atomic mass is 16.5. The lowest BCUT2D eigenvalue weighted by atomic mass is 9.84. The number of anilines is 2. The number of nitrogen functional groups attached to an aromatic ring is 1. The summed E-state index contributed by atoms with van der Waals surface area (Å²) in [6.07, 6.45) is 1.03. The third-order valence-electron chi connectivity index (χ3n) is 7.14. The normalized spacial score (nSPS) is 16.3. The first-order chi connectivity index (χ1) is 16.2. The minimum atomic E-state index is -0.242. The van der Waals surface area contributed by atoms with Crippen molar-refractivity contribution in [2.45, 2.75) is 65.6 Å². The highest BCUT2D eigenvalue weighted by Gasteiger charge is 2.29. The molecular formula is C30H39N3O. The van der Waals surface area contributed by atoms with Crippen molar-refractivity contribution < 1.29 is 4.74 Å². The van der Waals surface area contributed by atoms with Crippen LogP contribution in [0.15, 0.2) is 54.6 Å². The zero-order valence-corrected chi connectivity index (χ0v) is 21.5. The molecule has 0 bridgehead atoms. The van der Waals surface area contributed by atoms with Gasteiger partial charge in [0.15, 0.2) is 0 Å². The van der Waals surface area contributed by atoms with Crippen LogP contribution in [0.3, 0.4) is 0 Å². The van der Waals surface area contributed by atoms with E-state index in [1.807, 2.05) is 7.05 Å². The van der Waals surface area contributed by atoms with Gasteiger partial charge in [0, 0.05) is 38.2 Å². The number of nitrogens with two attached hydrogens (primary N) is 1. The van der Waals surface area contributed by atoms with Crippen molar-refractivity contribution in [1.82, 2.24) is 4.90 Å². The second kappa shape index (κ2) is 9.71. The molecule has 3 aromatic carbocycles. The van der Waals surface area contributed by atoms with E-state index >= 15 is 0 Å². The molecular weight excluding hydrogens is 418 g/mol. The molecule has 0 amide bonds. The number of ether oxygens (including phenoxy) is 1. The van der Waals surface area contributed by atoms with Gasteiger partial charge in [-0.25, -0.2) is 0 Å². The number of para-hydroxylation sites is 1. The Morgan fingerprint density at radius 3 is 2.59 bits per heavy atom. The summed E-state index contributed by atoms with van der Waals surface area (Å²) in [5.41, 5.74) is 15.8. The van der Waals surface area contributed by atoms with Gasteiger partial charge in [-0.3, -0.25) is 4.90 Å². The van der Waals surface area contributed by atoms with E-state index in [9.17, 15) is 0 Å². The molecule has 3 N–H and O–H groups in total. The first kappa shape index (κ1) is 24.2. The van der Waals surface area contributed by atoms with Crippen molar-refractivity contribution in [2.24, 2.45) is 0 Å². The predicted octanol–water partition coefficient (Wildman–Crippen LogP) is 6.64. The van der Waals surface area contributed by atoms with E-state index in [0.29, 0.717) is 5.92 Å². The van der Waals surface area contributed by atoms with Crippen LogP contribution in [-0.4, -0.2) is 24.1 Å². The largest absolute Gasteiger partial charge is 0.486 e. The third kappa shape index (κ3) is 4.92. The van der Waals surface area contributed by atoms with Crippen molar-refractivity contribution >= 4 is 11.4 Å². The fourth-order valence-corrected chi connectivity index (χ4v) is 5.31. The summed E-state index contributed by atoms with van der Waals surface area (Å²) in [7, 11) is 1.92. The number of nitrogens with one attached hydrogen (secondary N) is 1. The number of benzene rings is 3. The molecule has 4 heteroatoms. The average molecular weight is 458 g/mol. The quantitative estimate of drug-likeness (QED) is 0.407. The molecule has 180 valence electrons. The lowest BCUT2D eigenvalue weighted by Gasteiger charge is -2.30. The van der Waals surface area contributed by atoms with E-state index in [0.717, 1.165) is 43.2 Å². The van der Waals surface area contributed by atoms with E-state index in [1.54, 1.807) is 0 Å². The van der Waals surface area contributed by atoms with Gasteiger partial charge in [0.2, 0.25) is 0 Å². The number of rotatable bonds is 6. The van der Waals surface area contributed by atoms with E-state index in [1.165, 1.54) is 33.4 Å². The molecule has 0 saturated heterocycles. The van der Waals surface area contributed by atoms with Crippen LogP contribution in [0.5, 0.6) is 5.75 Å². The second-order valence-corrected chi connectivity index (χ2v) is 10.3. The van der Waals surface area contributed by atoms with Gasteiger partial charge in [-0.1, -0.05) is 49.4 Å². The maximum Gasteiger partial charge on any atom is 0.124 e. The molecule has 1 aliphatic rings. The zero-order chi connectivity index (χ0) is 24.5. The van der Waals surface area contributed by atoms with Crippen LogP contribution < -0.4 is 15.8 Å². The van der Waals surface area contributed by atoms with Gasteiger partial charge < -0.3 is 15.8 Å². The second-order valence-electron chi connectivity index (χ2n) is 10.3. The minimum absolute atomic E-state index is 0.242. The number of fused-ring (bicyclic) bond motifs is 1. The smallest absolute Gasteiger partial charge is 0.124 e. The molecule has 0 spiro atoms. The molecule has 0 aromatic heterocycles. The molecule has 0 radical (unpaired) electrons. The number of aryl methyl sites for hydroxylation is 1. The summed E-state index contributed by atoms with van der Waals surface area (Å²) in [4.78, 5) is 2.52. The van der Waals surface area contributed by atoms with Crippen LogP contribution in [0.1, 0.15) is 66.5 Å². The Morgan fingerprint density at radius 1 is 1.09 bits per heavy atom. The van der Waals surface area contributed by atoms with Gasteiger partial charge in [0.25, 0.3) is 0 Å². The molecule has 0 saturated carbocycles. The van der Waals surface area contributed by atoms with Crippen LogP contribution in [0.2, 0.25) is 0 Å². The van der Waals surface area contributed by atoms with Gasteiger partial charge in [0.1, 0.15) is 11.4 Å². The van der Waals surface area contributed by atoms with Crippen LogP contribution in [-0.2, 0) is 13.1 Å². The Balaban J connectivity index is 1.65. The van der Waals surface area contributed by atoms with Gasteiger partial charge in [-0.15, -0.1) is 0 Å². The SMILES string of the molecule is CCC(c1ccc(C)c(CN2Cc3ccccc3OC(C)(C)C2)c1)c1ccc(NC)c(N)c1C.